The van der Waals surface area contributed by atoms with E-state index < -0.39 is 0 Å². The second-order valence-electron chi connectivity index (χ2n) is 9.63. The number of amides is 1. The minimum absolute atomic E-state index is 0.00689. The number of para-hydroxylation sites is 1. The van der Waals surface area contributed by atoms with E-state index in [0.717, 1.165) is 40.8 Å². The molecule has 40 heavy (non-hydrogen) atoms. The van der Waals surface area contributed by atoms with Crippen LogP contribution in [0, 0.1) is 0 Å². The lowest BCUT2D eigenvalue weighted by Crippen LogP contribution is -2.50. The molecule has 5 aromatic rings. The number of anilines is 3. The third-order valence-corrected chi connectivity index (χ3v) is 7.06. The van der Waals surface area contributed by atoms with Gasteiger partial charge in [-0.2, -0.15) is 0 Å². The Kier molecular flexibility index (Phi) is 7.13. The van der Waals surface area contributed by atoms with Gasteiger partial charge in [0.15, 0.2) is 12.4 Å². The van der Waals surface area contributed by atoms with Crippen LogP contribution in [0.15, 0.2) is 103 Å². The number of carbonyl (C=O) groups excluding carboxylic acids is 1. The number of nitrogens with zero attached hydrogens (tertiary/aromatic N) is 4. The Morgan fingerprint density at radius 2 is 1.45 bits per heavy atom. The number of aromatic hydroxyl groups is 1. The number of phenolic OH excluding ortho intramolecular Hbond substituents is 1. The van der Waals surface area contributed by atoms with Gasteiger partial charge in [-0.25, -0.2) is 0 Å². The number of piperazine rings is 1. The molecule has 0 unspecified atom stereocenters. The van der Waals surface area contributed by atoms with Crippen molar-refractivity contribution in [1.82, 2.24) is 15.1 Å². The van der Waals surface area contributed by atoms with Gasteiger partial charge in [-0.05, 0) is 60.7 Å². The second-order valence-corrected chi connectivity index (χ2v) is 9.63. The highest BCUT2D eigenvalue weighted by Gasteiger charge is 2.21. The SMILES string of the molecule is O=C(COc1ccc(Nc2nnc(-c3ccc(O)cc3)c3ccccc23)cc1)N1CCN(c2ccccc2)CC1. The minimum atomic E-state index is -0.00891. The molecule has 2 N–H and O–H groups in total. The lowest BCUT2D eigenvalue weighted by molar-refractivity contribution is -0.133. The van der Waals surface area contributed by atoms with Gasteiger partial charge in [0.05, 0.1) is 0 Å². The Balaban J connectivity index is 1.07. The predicted molar refractivity (Wildman–Crippen MR) is 157 cm³/mol. The smallest absolute Gasteiger partial charge is 0.260 e. The topological polar surface area (TPSA) is 90.8 Å². The number of carbonyl (C=O) groups is 1. The van der Waals surface area contributed by atoms with Crippen molar-refractivity contribution in [2.24, 2.45) is 0 Å². The zero-order valence-corrected chi connectivity index (χ0v) is 21.9. The fraction of sp³-hybridized carbons (Fsp3) is 0.156. The molecule has 4 aromatic carbocycles. The van der Waals surface area contributed by atoms with E-state index in [4.69, 9.17) is 4.74 Å². The highest BCUT2D eigenvalue weighted by Crippen LogP contribution is 2.32. The van der Waals surface area contributed by atoms with Gasteiger partial charge in [0.1, 0.15) is 17.2 Å². The van der Waals surface area contributed by atoms with E-state index in [1.165, 1.54) is 5.69 Å². The maximum atomic E-state index is 12.7. The average molecular weight is 532 g/mol. The van der Waals surface area contributed by atoms with Crippen LogP contribution in [-0.4, -0.2) is 58.9 Å². The average Bonchev–Trinajstić information content (AvgIpc) is 3.02. The van der Waals surface area contributed by atoms with Gasteiger partial charge in [0, 0.05) is 53.9 Å². The lowest BCUT2D eigenvalue weighted by atomic mass is 10.0. The largest absolute Gasteiger partial charge is 0.508 e. The van der Waals surface area contributed by atoms with Gasteiger partial charge < -0.3 is 25.0 Å². The van der Waals surface area contributed by atoms with Crippen LogP contribution in [0.4, 0.5) is 17.2 Å². The van der Waals surface area contributed by atoms with Crippen LogP contribution in [-0.2, 0) is 4.79 Å². The Morgan fingerprint density at radius 1 is 0.775 bits per heavy atom. The van der Waals surface area contributed by atoms with E-state index in [1.807, 2.05) is 83.8 Å². The van der Waals surface area contributed by atoms with Gasteiger partial charge in [-0.3, -0.25) is 4.79 Å². The second kappa shape index (κ2) is 11.3. The molecule has 0 atom stereocenters. The molecule has 0 aliphatic carbocycles. The number of ether oxygens (including phenoxy) is 1. The fourth-order valence-corrected chi connectivity index (χ4v) is 4.89. The first-order chi connectivity index (χ1) is 19.6. The number of nitrogens with one attached hydrogen (secondary N) is 1. The molecule has 1 amide bonds. The van der Waals surface area contributed by atoms with Crippen molar-refractivity contribution in [3.63, 3.8) is 0 Å². The highest BCUT2D eigenvalue weighted by atomic mass is 16.5. The third kappa shape index (κ3) is 5.51. The monoisotopic (exact) mass is 531 g/mol. The first-order valence-electron chi connectivity index (χ1n) is 13.3. The molecular weight excluding hydrogens is 502 g/mol. The minimum Gasteiger partial charge on any atom is -0.508 e. The number of rotatable bonds is 7. The van der Waals surface area contributed by atoms with E-state index >= 15 is 0 Å². The molecule has 1 aliphatic heterocycles. The third-order valence-electron chi connectivity index (χ3n) is 7.06. The standard InChI is InChI=1S/C32H29N5O3/c38-26-14-10-23(11-15-26)31-28-8-4-5-9-29(28)32(35-34-31)33-24-12-16-27(17-13-24)40-22-30(39)37-20-18-36(19-21-37)25-6-2-1-3-7-25/h1-17,38H,18-22H2,(H,33,35). The summed E-state index contributed by atoms with van der Waals surface area (Å²) in [5.41, 5.74) is 3.64. The summed E-state index contributed by atoms with van der Waals surface area (Å²) in [6.45, 7) is 2.99. The van der Waals surface area contributed by atoms with Crippen molar-refractivity contribution >= 4 is 33.9 Å². The molecule has 8 heteroatoms. The van der Waals surface area contributed by atoms with Gasteiger partial charge in [-0.1, -0.05) is 42.5 Å². The van der Waals surface area contributed by atoms with E-state index in [2.05, 4.69) is 32.5 Å². The van der Waals surface area contributed by atoms with Crippen LogP contribution in [0.5, 0.6) is 11.5 Å². The zero-order valence-electron chi connectivity index (χ0n) is 21.9. The maximum absolute atomic E-state index is 12.7. The predicted octanol–water partition coefficient (Wildman–Crippen LogP) is 5.47. The molecule has 8 nitrogen and oxygen atoms in total. The van der Waals surface area contributed by atoms with Crippen molar-refractivity contribution in [2.75, 3.05) is 43.0 Å². The number of phenols is 1. The summed E-state index contributed by atoms with van der Waals surface area (Å²) >= 11 is 0. The molecule has 0 saturated carbocycles. The van der Waals surface area contributed by atoms with Crippen LogP contribution >= 0.6 is 0 Å². The molecule has 6 rings (SSSR count). The first-order valence-corrected chi connectivity index (χ1v) is 13.3. The molecular formula is C32H29N5O3. The van der Waals surface area contributed by atoms with E-state index in [9.17, 15) is 9.90 Å². The summed E-state index contributed by atoms with van der Waals surface area (Å²) < 4.78 is 5.80. The number of benzene rings is 4. The molecule has 1 fully saturated rings. The Bertz CT molecular complexity index is 1600. The Hall–Kier alpha value is -5.11. The van der Waals surface area contributed by atoms with Crippen molar-refractivity contribution in [3.8, 4) is 22.8 Å². The van der Waals surface area contributed by atoms with Crippen molar-refractivity contribution < 1.29 is 14.6 Å². The van der Waals surface area contributed by atoms with Crippen molar-refractivity contribution in [3.05, 3.63) is 103 Å². The summed E-state index contributed by atoms with van der Waals surface area (Å²) in [5, 5.41) is 23.8. The van der Waals surface area contributed by atoms with Crippen LogP contribution in [0.2, 0.25) is 0 Å². The van der Waals surface area contributed by atoms with Crippen molar-refractivity contribution in [2.45, 2.75) is 0 Å². The van der Waals surface area contributed by atoms with E-state index in [0.29, 0.717) is 24.7 Å². The number of aromatic nitrogens is 2. The van der Waals surface area contributed by atoms with Crippen LogP contribution in [0.3, 0.4) is 0 Å². The molecule has 0 spiro atoms. The molecule has 1 aliphatic rings. The van der Waals surface area contributed by atoms with Gasteiger partial charge in [-0.15, -0.1) is 10.2 Å². The maximum Gasteiger partial charge on any atom is 0.260 e. The van der Waals surface area contributed by atoms with Gasteiger partial charge >= 0.3 is 0 Å². The lowest BCUT2D eigenvalue weighted by Gasteiger charge is -2.36. The zero-order chi connectivity index (χ0) is 27.3. The quantitative estimate of drug-likeness (QED) is 0.288. The Morgan fingerprint density at radius 3 is 2.17 bits per heavy atom. The molecule has 0 radical (unpaired) electrons. The number of hydrogen-bond donors (Lipinski definition) is 2. The van der Waals surface area contributed by atoms with Crippen LogP contribution < -0.4 is 15.0 Å². The first kappa shape index (κ1) is 25.2. The molecule has 0 bridgehead atoms. The normalized spacial score (nSPS) is 13.3. The summed E-state index contributed by atoms with van der Waals surface area (Å²) in [5.74, 6) is 1.46. The van der Waals surface area contributed by atoms with Crippen LogP contribution in [0.1, 0.15) is 0 Å². The summed E-state index contributed by atoms with van der Waals surface area (Å²) in [4.78, 5) is 16.9. The number of hydrogen-bond acceptors (Lipinski definition) is 7. The molecule has 1 saturated heterocycles. The summed E-state index contributed by atoms with van der Waals surface area (Å²) in [6.07, 6.45) is 0. The summed E-state index contributed by atoms with van der Waals surface area (Å²) in [7, 11) is 0. The van der Waals surface area contributed by atoms with E-state index in [-0.39, 0.29) is 18.3 Å². The highest BCUT2D eigenvalue weighted by molar-refractivity contribution is 6.00. The number of fused-ring (bicyclic) bond motifs is 1. The Labute approximate surface area is 232 Å². The van der Waals surface area contributed by atoms with Gasteiger partial charge in [0.2, 0.25) is 0 Å². The molecule has 2 heterocycles. The molecule has 200 valence electrons. The van der Waals surface area contributed by atoms with Crippen LogP contribution in [0.25, 0.3) is 22.0 Å². The summed E-state index contributed by atoms with van der Waals surface area (Å²) in [6, 6.07) is 32.6. The van der Waals surface area contributed by atoms with E-state index in [1.54, 1.807) is 12.1 Å². The van der Waals surface area contributed by atoms with Crippen molar-refractivity contribution in [1.29, 1.82) is 0 Å². The fourth-order valence-electron chi connectivity index (χ4n) is 4.89. The molecule has 1 aromatic heterocycles. The van der Waals surface area contributed by atoms with Gasteiger partial charge in [0.25, 0.3) is 5.91 Å².